The van der Waals surface area contributed by atoms with Gasteiger partial charge >= 0.3 is 0 Å². The lowest BCUT2D eigenvalue weighted by atomic mass is 9.95. The number of unbranched alkanes of at least 4 members (excludes halogenated alkanes) is 8. The topological polar surface area (TPSA) is 34.0 Å². The first kappa shape index (κ1) is 30.5. The Morgan fingerprint density at radius 2 is 1.54 bits per heavy atom. The van der Waals surface area contributed by atoms with E-state index in [1.165, 1.54) is 44.9 Å². The van der Waals surface area contributed by atoms with Crippen LogP contribution in [0.1, 0.15) is 111 Å². The van der Waals surface area contributed by atoms with Gasteiger partial charge in [0.2, 0.25) is 5.91 Å². The van der Waals surface area contributed by atoms with Gasteiger partial charge < -0.3 is 5.32 Å². The van der Waals surface area contributed by atoms with Gasteiger partial charge in [-0.15, -0.1) is 37.9 Å². The van der Waals surface area contributed by atoms with Crippen molar-refractivity contribution in [2.45, 2.75) is 119 Å². The first-order valence-electron chi connectivity index (χ1n) is 14.2. The highest BCUT2D eigenvalue weighted by atomic mass is 32.1. The van der Waals surface area contributed by atoms with Crippen LogP contribution in [0.25, 0.3) is 10.9 Å². The maximum absolute atomic E-state index is 13.5. The summed E-state index contributed by atoms with van der Waals surface area (Å²) in [6, 6.07) is 0. The van der Waals surface area contributed by atoms with Crippen LogP contribution < -0.4 is 5.32 Å². The highest BCUT2D eigenvalue weighted by Crippen LogP contribution is 2.44. The number of hydrogen-bond donors (Lipinski definition) is 4. The van der Waals surface area contributed by atoms with E-state index < -0.39 is 0 Å². The van der Waals surface area contributed by atoms with Gasteiger partial charge in [-0.25, -0.2) is 0 Å². The summed E-state index contributed by atoms with van der Waals surface area (Å²) in [5.74, 6) is 0.461. The van der Waals surface area contributed by atoms with E-state index >= 15 is 0 Å². The largest absolute Gasteiger partial charge is 0.316 e. The van der Waals surface area contributed by atoms with Crippen LogP contribution in [-0.2, 0) is 0 Å². The summed E-state index contributed by atoms with van der Waals surface area (Å²) in [6.45, 7) is 8.29. The number of nitrogens with zero attached hydrogens (tertiary/aromatic N) is 1. The molecule has 1 fully saturated rings. The van der Waals surface area contributed by atoms with Gasteiger partial charge in [0.25, 0.3) is 0 Å². The van der Waals surface area contributed by atoms with Crippen LogP contribution in [0.2, 0.25) is 0 Å². The Morgan fingerprint density at radius 3 is 2.19 bits per heavy atom. The molecule has 0 aliphatic carbocycles. The molecule has 2 heterocycles. The number of fused-ring (bicyclic) bond motifs is 1. The smallest absolute Gasteiger partial charge is 0.232 e. The summed E-state index contributed by atoms with van der Waals surface area (Å²) in [5.41, 5.74) is 4.25. The molecule has 0 amide bonds. The molecule has 3 nitrogen and oxygen atoms in total. The molecule has 1 aromatic heterocycles. The van der Waals surface area contributed by atoms with Crippen LogP contribution in [0.5, 0.6) is 0 Å². The van der Waals surface area contributed by atoms with Crippen molar-refractivity contribution in [2.24, 2.45) is 0 Å². The molecule has 3 rings (SSSR count). The molecule has 6 heteroatoms. The van der Waals surface area contributed by atoms with Crippen LogP contribution in [0.15, 0.2) is 39.1 Å². The fourth-order valence-electron chi connectivity index (χ4n) is 5.33. The number of aromatic nitrogens is 1. The fourth-order valence-corrected chi connectivity index (χ4v) is 6.61. The average Bonchev–Trinajstić information content (AvgIpc) is 3.52. The predicted molar refractivity (Wildman–Crippen MR) is 169 cm³/mol. The third-order valence-electron chi connectivity index (χ3n) is 7.75. The van der Waals surface area contributed by atoms with Crippen molar-refractivity contribution in [2.75, 3.05) is 13.1 Å². The van der Waals surface area contributed by atoms with Gasteiger partial charge in [-0.3, -0.25) is 9.36 Å². The van der Waals surface area contributed by atoms with Gasteiger partial charge in [0, 0.05) is 34.1 Å². The van der Waals surface area contributed by atoms with Crippen molar-refractivity contribution in [1.82, 2.24) is 9.88 Å². The second-order valence-electron chi connectivity index (χ2n) is 10.5. The molecule has 1 aromatic carbocycles. The molecular formula is C31H46N2OS3. The Labute approximate surface area is 241 Å². The van der Waals surface area contributed by atoms with E-state index in [9.17, 15) is 4.79 Å². The van der Waals surface area contributed by atoms with Gasteiger partial charge in [-0.2, -0.15) is 0 Å². The van der Waals surface area contributed by atoms with Gasteiger partial charge in [0.1, 0.15) is 0 Å². The summed E-state index contributed by atoms with van der Waals surface area (Å²) >= 11 is 14.7. The van der Waals surface area contributed by atoms with Crippen LogP contribution in [-0.4, -0.2) is 23.6 Å². The standard InChI is InChI=1S/C31H46N2OS3/c1-4-5-6-7-8-9-10-11-12-13-14-15-16-17-18-25(34)33-28-27(29(35)22(2)23(3)30(28)36)26(31(33)37)24-19-20-32-21-24/h8-11,24,32,35-37H,4-7,12-21H2,1-3H3/b9-8-,11-10-. The molecule has 1 aliphatic rings. The second-order valence-corrected chi connectivity index (χ2v) is 11.8. The number of carbonyl (C=O) groups excluding carboxylic acids is 1. The number of allylic oxidation sites excluding steroid dienone is 4. The lowest BCUT2D eigenvalue weighted by Gasteiger charge is -2.14. The quantitative estimate of drug-likeness (QED) is 0.106. The SMILES string of the molecule is CCCCC/C=C\C=C/CCCCCCCC(=O)n1c(S)c(C2CCNC2)c2c(S)c(C)c(C)c(S)c21. The van der Waals surface area contributed by atoms with Crippen molar-refractivity contribution in [3.05, 3.63) is 41.0 Å². The Kier molecular flexibility index (Phi) is 12.8. The number of carbonyl (C=O) groups is 1. The molecule has 37 heavy (non-hydrogen) atoms. The Hall–Kier alpha value is -1.08. The van der Waals surface area contributed by atoms with Gasteiger partial charge in [0.15, 0.2) is 0 Å². The molecular weight excluding hydrogens is 513 g/mol. The van der Waals surface area contributed by atoms with Gasteiger partial charge in [0.05, 0.1) is 10.5 Å². The first-order chi connectivity index (χ1) is 17.9. The van der Waals surface area contributed by atoms with E-state index in [4.69, 9.17) is 37.9 Å². The molecule has 0 spiro atoms. The average molecular weight is 559 g/mol. The fraction of sp³-hybridized carbons (Fsp3) is 0.581. The minimum Gasteiger partial charge on any atom is -0.316 e. The van der Waals surface area contributed by atoms with Gasteiger partial charge in [-0.1, -0.05) is 63.3 Å². The summed E-state index contributed by atoms with van der Waals surface area (Å²) in [6.07, 6.45) is 22.3. The van der Waals surface area contributed by atoms with Crippen molar-refractivity contribution < 1.29 is 4.79 Å². The molecule has 1 aliphatic heterocycles. The van der Waals surface area contributed by atoms with Crippen LogP contribution >= 0.6 is 37.9 Å². The van der Waals surface area contributed by atoms with Crippen molar-refractivity contribution >= 4 is 54.7 Å². The Morgan fingerprint density at radius 1 is 0.919 bits per heavy atom. The lowest BCUT2D eigenvalue weighted by molar-refractivity contribution is 0.0894. The molecule has 1 N–H and O–H groups in total. The van der Waals surface area contributed by atoms with Crippen LogP contribution in [0, 0.1) is 13.8 Å². The van der Waals surface area contributed by atoms with E-state index in [2.05, 4.69) is 50.4 Å². The van der Waals surface area contributed by atoms with Crippen molar-refractivity contribution in [3.63, 3.8) is 0 Å². The van der Waals surface area contributed by atoms with Crippen LogP contribution in [0.4, 0.5) is 0 Å². The zero-order valence-corrected chi connectivity index (χ0v) is 25.7. The Balaban J connectivity index is 1.55. The maximum atomic E-state index is 13.5. The molecule has 0 saturated carbocycles. The Bertz CT molecular complexity index is 1110. The van der Waals surface area contributed by atoms with E-state index in [0.717, 1.165) is 81.2 Å². The predicted octanol–water partition coefficient (Wildman–Crippen LogP) is 9.26. The van der Waals surface area contributed by atoms with Crippen LogP contribution in [0.3, 0.4) is 0 Å². The zero-order chi connectivity index (χ0) is 26.8. The van der Waals surface area contributed by atoms with E-state index in [1.807, 2.05) is 4.57 Å². The van der Waals surface area contributed by atoms with E-state index in [0.29, 0.717) is 12.3 Å². The number of hydrogen-bond acceptors (Lipinski definition) is 5. The summed E-state index contributed by atoms with van der Waals surface area (Å²) < 4.78 is 1.83. The minimum absolute atomic E-state index is 0.118. The van der Waals surface area contributed by atoms with Crippen molar-refractivity contribution in [3.8, 4) is 0 Å². The molecule has 1 unspecified atom stereocenters. The normalized spacial score (nSPS) is 16.2. The third kappa shape index (κ3) is 7.74. The molecule has 204 valence electrons. The number of thiol groups is 3. The van der Waals surface area contributed by atoms with Crippen molar-refractivity contribution in [1.29, 1.82) is 0 Å². The summed E-state index contributed by atoms with van der Waals surface area (Å²) in [5, 5.41) is 5.30. The highest BCUT2D eigenvalue weighted by molar-refractivity contribution is 7.81. The number of nitrogens with one attached hydrogen (secondary N) is 1. The summed E-state index contributed by atoms with van der Waals surface area (Å²) in [4.78, 5) is 15.3. The molecule has 0 bridgehead atoms. The zero-order valence-electron chi connectivity index (χ0n) is 23.0. The molecule has 1 atom stereocenters. The maximum Gasteiger partial charge on any atom is 0.232 e. The first-order valence-corrected chi connectivity index (χ1v) is 15.6. The second kappa shape index (κ2) is 15.5. The minimum atomic E-state index is 0.118. The van der Waals surface area contributed by atoms with E-state index in [1.54, 1.807) is 0 Å². The highest BCUT2D eigenvalue weighted by Gasteiger charge is 2.30. The summed E-state index contributed by atoms with van der Waals surface area (Å²) in [7, 11) is 0. The number of rotatable bonds is 14. The lowest BCUT2D eigenvalue weighted by Crippen LogP contribution is -2.12. The third-order valence-corrected chi connectivity index (χ3v) is 9.30. The monoisotopic (exact) mass is 558 g/mol. The molecule has 2 aromatic rings. The molecule has 0 radical (unpaired) electrons. The number of benzene rings is 1. The van der Waals surface area contributed by atoms with E-state index in [-0.39, 0.29) is 5.91 Å². The van der Waals surface area contributed by atoms with Gasteiger partial charge in [-0.05, 0) is 75.6 Å². The molecule has 1 saturated heterocycles.